The van der Waals surface area contributed by atoms with Gasteiger partial charge in [-0.15, -0.1) is 11.3 Å². The van der Waals surface area contributed by atoms with E-state index in [0.29, 0.717) is 0 Å². The fraction of sp³-hybridized carbons (Fsp3) is 0.250. The largest absolute Gasteiger partial charge is 0.474 e. The minimum atomic E-state index is -1.45. The molecule has 0 aromatic carbocycles. The van der Waals surface area contributed by atoms with Gasteiger partial charge in [-0.2, -0.15) is 0 Å². The van der Waals surface area contributed by atoms with Crippen LogP contribution in [-0.2, 0) is 16.1 Å². The number of carboxylic acids is 1. The van der Waals surface area contributed by atoms with Crippen molar-refractivity contribution in [2.24, 2.45) is 0 Å². The molecule has 1 amide bonds. The smallest absolute Gasteiger partial charge is 0.394 e. The molecule has 0 aliphatic rings. The Hall–Kier alpha value is -1.36. The van der Waals surface area contributed by atoms with Crippen molar-refractivity contribution < 1.29 is 14.7 Å². The molecule has 1 aromatic rings. The van der Waals surface area contributed by atoms with Crippen molar-refractivity contribution in [3.05, 3.63) is 21.9 Å². The first-order valence-corrected chi connectivity index (χ1v) is 4.52. The van der Waals surface area contributed by atoms with Gasteiger partial charge in [-0.1, -0.05) is 0 Å². The van der Waals surface area contributed by atoms with E-state index in [9.17, 15) is 9.59 Å². The van der Waals surface area contributed by atoms with Crippen LogP contribution in [0, 0.1) is 6.92 Å². The third kappa shape index (κ3) is 2.87. The molecule has 0 spiro atoms. The van der Waals surface area contributed by atoms with E-state index in [2.05, 4.69) is 5.32 Å². The van der Waals surface area contributed by atoms with Gasteiger partial charge in [-0.05, 0) is 23.9 Å². The number of amides is 1. The number of aliphatic carboxylic acids is 1. The summed E-state index contributed by atoms with van der Waals surface area (Å²) in [7, 11) is 0. The minimum Gasteiger partial charge on any atom is -0.474 e. The fourth-order valence-corrected chi connectivity index (χ4v) is 1.56. The van der Waals surface area contributed by atoms with E-state index < -0.39 is 11.9 Å². The summed E-state index contributed by atoms with van der Waals surface area (Å²) >= 11 is 1.57. The monoisotopic (exact) mass is 199 g/mol. The minimum absolute atomic E-state index is 0.273. The molecular formula is C8H9NO3S. The summed E-state index contributed by atoms with van der Waals surface area (Å²) < 4.78 is 0. The molecule has 0 aliphatic heterocycles. The van der Waals surface area contributed by atoms with Gasteiger partial charge in [0.2, 0.25) is 0 Å². The number of hydrogen-bond donors (Lipinski definition) is 2. The summed E-state index contributed by atoms with van der Waals surface area (Å²) in [6.45, 7) is 2.22. The fourth-order valence-electron chi connectivity index (χ4n) is 0.848. The number of carbonyl (C=O) groups is 2. The maximum atomic E-state index is 10.6. The molecule has 0 atom stereocenters. The highest BCUT2D eigenvalue weighted by Crippen LogP contribution is 2.12. The Kier molecular flexibility index (Phi) is 3.02. The average Bonchev–Trinajstić information content (AvgIpc) is 2.47. The number of carboxylic acid groups (broad SMARTS) is 1. The first kappa shape index (κ1) is 9.73. The van der Waals surface area contributed by atoms with Gasteiger partial charge in [0.05, 0.1) is 0 Å². The van der Waals surface area contributed by atoms with E-state index in [1.165, 1.54) is 0 Å². The molecule has 0 aliphatic carbocycles. The van der Waals surface area contributed by atoms with Crippen LogP contribution >= 0.6 is 11.3 Å². The molecule has 0 saturated heterocycles. The normalized spacial score (nSPS) is 9.62. The van der Waals surface area contributed by atoms with Crippen molar-refractivity contribution in [2.45, 2.75) is 13.5 Å². The lowest BCUT2D eigenvalue weighted by molar-refractivity contribution is -0.150. The topological polar surface area (TPSA) is 66.4 Å². The summed E-state index contributed by atoms with van der Waals surface area (Å²) in [6, 6.07) is 1.91. The first-order valence-electron chi connectivity index (χ1n) is 3.64. The lowest BCUT2D eigenvalue weighted by Gasteiger charge is -1.97. The van der Waals surface area contributed by atoms with Crippen LogP contribution in [0.25, 0.3) is 0 Å². The second kappa shape index (κ2) is 4.04. The van der Waals surface area contributed by atoms with E-state index in [4.69, 9.17) is 5.11 Å². The Labute approximate surface area is 79.2 Å². The van der Waals surface area contributed by atoms with Crippen LogP contribution in [0.4, 0.5) is 0 Å². The number of aryl methyl sites for hydroxylation is 1. The number of thiophene rings is 1. The van der Waals surface area contributed by atoms with Crippen LogP contribution in [-0.4, -0.2) is 17.0 Å². The van der Waals surface area contributed by atoms with Gasteiger partial charge in [0.25, 0.3) is 0 Å². The molecule has 0 saturated carbocycles. The quantitative estimate of drug-likeness (QED) is 0.691. The Morgan fingerprint density at radius 2 is 2.31 bits per heavy atom. The lowest BCUT2D eigenvalue weighted by Crippen LogP contribution is -2.29. The second-order valence-electron chi connectivity index (χ2n) is 2.55. The summed E-state index contributed by atoms with van der Waals surface area (Å²) in [5.41, 5.74) is 0.928. The molecule has 0 fully saturated rings. The predicted octanol–water partition coefficient (Wildman–Crippen LogP) is 0.757. The van der Waals surface area contributed by atoms with Crippen LogP contribution in [0.3, 0.4) is 0 Å². The standard InChI is InChI=1S/C8H9NO3S/c1-5-2-6(4-13-5)3-9-7(10)8(11)12/h2,4H,3H2,1H3,(H,9,10)(H,11,12). The number of hydrogen-bond acceptors (Lipinski definition) is 3. The van der Waals surface area contributed by atoms with Gasteiger partial charge in [0.1, 0.15) is 0 Å². The molecule has 1 heterocycles. The van der Waals surface area contributed by atoms with Gasteiger partial charge in [-0.25, -0.2) is 4.79 Å². The highest BCUT2D eigenvalue weighted by atomic mass is 32.1. The SMILES string of the molecule is Cc1cc(CNC(=O)C(=O)O)cs1. The molecule has 70 valence electrons. The van der Waals surface area contributed by atoms with Gasteiger partial charge in [-0.3, -0.25) is 4.79 Å². The Bertz CT molecular complexity index is 332. The molecule has 0 unspecified atom stereocenters. The molecule has 1 aromatic heterocycles. The highest BCUT2D eigenvalue weighted by molar-refractivity contribution is 7.10. The Morgan fingerprint density at radius 1 is 1.62 bits per heavy atom. The van der Waals surface area contributed by atoms with E-state index >= 15 is 0 Å². The molecule has 13 heavy (non-hydrogen) atoms. The molecular weight excluding hydrogens is 190 g/mol. The summed E-state index contributed by atoms with van der Waals surface area (Å²) in [6.07, 6.45) is 0. The van der Waals surface area contributed by atoms with Gasteiger partial charge in [0.15, 0.2) is 0 Å². The molecule has 4 nitrogen and oxygen atoms in total. The van der Waals surface area contributed by atoms with Crippen LogP contribution in [0.5, 0.6) is 0 Å². The number of rotatable bonds is 2. The van der Waals surface area contributed by atoms with Crippen molar-refractivity contribution in [3.63, 3.8) is 0 Å². The zero-order chi connectivity index (χ0) is 9.84. The van der Waals surface area contributed by atoms with Crippen LogP contribution in [0.1, 0.15) is 10.4 Å². The van der Waals surface area contributed by atoms with Crippen LogP contribution < -0.4 is 5.32 Å². The third-order valence-electron chi connectivity index (χ3n) is 1.43. The van der Waals surface area contributed by atoms with Crippen LogP contribution in [0.2, 0.25) is 0 Å². The van der Waals surface area contributed by atoms with Gasteiger partial charge >= 0.3 is 11.9 Å². The van der Waals surface area contributed by atoms with Crippen molar-refractivity contribution in [3.8, 4) is 0 Å². The van der Waals surface area contributed by atoms with E-state index in [1.54, 1.807) is 11.3 Å². The number of nitrogens with one attached hydrogen (secondary N) is 1. The lowest BCUT2D eigenvalue weighted by atomic mass is 10.3. The summed E-state index contributed by atoms with van der Waals surface area (Å²) in [4.78, 5) is 21.9. The zero-order valence-electron chi connectivity index (χ0n) is 7.03. The highest BCUT2D eigenvalue weighted by Gasteiger charge is 2.09. The molecule has 1 rings (SSSR count). The first-order chi connectivity index (χ1) is 6.09. The van der Waals surface area contributed by atoms with Crippen LogP contribution in [0.15, 0.2) is 11.4 Å². The predicted molar refractivity (Wildman–Crippen MR) is 48.5 cm³/mol. The molecule has 2 N–H and O–H groups in total. The average molecular weight is 199 g/mol. The third-order valence-corrected chi connectivity index (χ3v) is 2.34. The van der Waals surface area contributed by atoms with Crippen molar-refractivity contribution >= 4 is 23.2 Å². The van der Waals surface area contributed by atoms with E-state index in [1.807, 2.05) is 18.4 Å². The van der Waals surface area contributed by atoms with Gasteiger partial charge in [0, 0.05) is 11.4 Å². The Balaban J connectivity index is 2.44. The number of carbonyl (C=O) groups excluding carboxylic acids is 1. The van der Waals surface area contributed by atoms with Crippen molar-refractivity contribution in [1.29, 1.82) is 0 Å². The van der Waals surface area contributed by atoms with Gasteiger partial charge < -0.3 is 10.4 Å². The summed E-state index contributed by atoms with van der Waals surface area (Å²) in [5.74, 6) is -2.42. The van der Waals surface area contributed by atoms with Crippen molar-refractivity contribution in [2.75, 3.05) is 0 Å². The van der Waals surface area contributed by atoms with E-state index in [0.717, 1.165) is 10.4 Å². The van der Waals surface area contributed by atoms with Crippen molar-refractivity contribution in [1.82, 2.24) is 5.32 Å². The molecule has 0 radical (unpaired) electrons. The summed E-state index contributed by atoms with van der Waals surface area (Å²) in [5, 5.41) is 12.4. The maximum Gasteiger partial charge on any atom is 0.394 e. The maximum absolute atomic E-state index is 10.6. The van der Waals surface area contributed by atoms with E-state index in [-0.39, 0.29) is 6.54 Å². The second-order valence-corrected chi connectivity index (χ2v) is 3.67. The molecule has 5 heteroatoms. The zero-order valence-corrected chi connectivity index (χ0v) is 7.85. The molecule has 0 bridgehead atoms. The Morgan fingerprint density at radius 3 is 2.77 bits per heavy atom.